The molecule has 7 nitrogen and oxygen atoms in total. The highest BCUT2D eigenvalue weighted by Crippen LogP contribution is 2.22. The van der Waals surface area contributed by atoms with Crippen LogP contribution in [0, 0.1) is 5.92 Å². The van der Waals surface area contributed by atoms with Crippen molar-refractivity contribution in [2.45, 2.75) is 19.0 Å². The van der Waals surface area contributed by atoms with Crippen molar-refractivity contribution in [2.24, 2.45) is 5.92 Å². The molecule has 2 heterocycles. The molecule has 0 fully saturated rings. The van der Waals surface area contributed by atoms with Gasteiger partial charge in [-0.25, -0.2) is 9.78 Å². The Bertz CT molecular complexity index is 624. The molecule has 3 N–H and O–H groups in total. The van der Waals surface area contributed by atoms with Gasteiger partial charge in [-0.3, -0.25) is 15.2 Å². The zero-order valence-corrected chi connectivity index (χ0v) is 13.9. The number of aromatic amines is 1. The number of urea groups is 1. The highest BCUT2D eigenvalue weighted by molar-refractivity contribution is 7.99. The molecule has 3 amide bonds. The lowest BCUT2D eigenvalue weighted by molar-refractivity contribution is -0.117. The largest absolute Gasteiger partial charge is 0.338 e. The number of thioether (sulfide) groups is 1. The van der Waals surface area contributed by atoms with Crippen LogP contribution in [0.4, 0.5) is 4.79 Å². The van der Waals surface area contributed by atoms with Gasteiger partial charge in [0, 0.05) is 6.54 Å². The summed E-state index contributed by atoms with van der Waals surface area (Å²) in [5, 5.41) is 14.2. The number of aromatic nitrogens is 3. The average Bonchev–Trinajstić information content (AvgIpc) is 3.13. The number of amides is 3. The summed E-state index contributed by atoms with van der Waals surface area (Å²) >= 11 is 2.73. The summed E-state index contributed by atoms with van der Waals surface area (Å²) < 4.78 is 0. The molecule has 0 atom stereocenters. The topological polar surface area (TPSA) is 99.8 Å². The standard InChI is InChI=1S/C13H17N5O2S2/c1-8(2)6-14-12(20)15-10(19)7-22-13-16-11(17-18-13)9-4-3-5-21-9/h3-5,8H,6-7H2,1-2H3,(H,16,17,18)(H2,14,15,19,20). The highest BCUT2D eigenvalue weighted by atomic mass is 32.2. The Morgan fingerprint density at radius 2 is 2.27 bits per heavy atom. The van der Waals surface area contributed by atoms with E-state index >= 15 is 0 Å². The van der Waals surface area contributed by atoms with E-state index < -0.39 is 6.03 Å². The molecule has 118 valence electrons. The van der Waals surface area contributed by atoms with Crippen LogP contribution < -0.4 is 10.6 Å². The zero-order valence-electron chi connectivity index (χ0n) is 12.3. The van der Waals surface area contributed by atoms with Crippen LogP contribution in [0.3, 0.4) is 0 Å². The maximum Gasteiger partial charge on any atom is 0.321 e. The molecule has 2 aromatic rings. The third-order valence-electron chi connectivity index (χ3n) is 2.48. The van der Waals surface area contributed by atoms with E-state index in [9.17, 15) is 9.59 Å². The summed E-state index contributed by atoms with van der Waals surface area (Å²) in [7, 11) is 0. The van der Waals surface area contributed by atoms with E-state index in [1.54, 1.807) is 11.3 Å². The van der Waals surface area contributed by atoms with E-state index in [2.05, 4.69) is 25.8 Å². The highest BCUT2D eigenvalue weighted by Gasteiger charge is 2.11. The van der Waals surface area contributed by atoms with Crippen molar-refractivity contribution in [3.05, 3.63) is 17.5 Å². The molecule has 0 saturated heterocycles. The number of carbonyl (C=O) groups is 2. The fourth-order valence-electron chi connectivity index (χ4n) is 1.47. The number of hydrogen-bond donors (Lipinski definition) is 3. The summed E-state index contributed by atoms with van der Waals surface area (Å²) in [6.07, 6.45) is 0. The third-order valence-corrected chi connectivity index (χ3v) is 4.20. The molecule has 0 radical (unpaired) electrons. The lowest BCUT2D eigenvalue weighted by atomic mass is 10.2. The van der Waals surface area contributed by atoms with Gasteiger partial charge in [0.1, 0.15) is 0 Å². The molecule has 0 bridgehead atoms. The maximum absolute atomic E-state index is 11.7. The number of nitrogens with one attached hydrogen (secondary N) is 3. The minimum atomic E-state index is -0.478. The minimum Gasteiger partial charge on any atom is -0.338 e. The number of H-pyrrole nitrogens is 1. The van der Waals surface area contributed by atoms with Crippen molar-refractivity contribution in [2.75, 3.05) is 12.3 Å². The third kappa shape index (κ3) is 5.15. The first-order valence-electron chi connectivity index (χ1n) is 6.71. The van der Waals surface area contributed by atoms with Gasteiger partial charge in [0.05, 0.1) is 10.6 Å². The summed E-state index contributed by atoms with van der Waals surface area (Å²) in [6.45, 7) is 4.48. The molecule has 9 heteroatoms. The fourth-order valence-corrected chi connectivity index (χ4v) is 2.73. The van der Waals surface area contributed by atoms with Crippen LogP contribution in [0.25, 0.3) is 10.7 Å². The maximum atomic E-state index is 11.7. The predicted molar refractivity (Wildman–Crippen MR) is 86.8 cm³/mol. The average molecular weight is 339 g/mol. The van der Waals surface area contributed by atoms with Crippen molar-refractivity contribution < 1.29 is 9.59 Å². The molecule has 0 saturated carbocycles. The number of hydrogen-bond acceptors (Lipinski definition) is 6. The number of rotatable bonds is 6. The van der Waals surface area contributed by atoms with Gasteiger partial charge in [0.25, 0.3) is 0 Å². The van der Waals surface area contributed by atoms with Gasteiger partial charge in [-0.05, 0) is 17.4 Å². The number of nitrogens with zero attached hydrogens (tertiary/aromatic N) is 2. The fraction of sp³-hybridized carbons (Fsp3) is 0.385. The molecule has 0 aliphatic rings. The van der Waals surface area contributed by atoms with Crippen LogP contribution in [0.15, 0.2) is 22.7 Å². The second-order valence-corrected chi connectivity index (χ2v) is 6.77. The smallest absolute Gasteiger partial charge is 0.321 e. The summed E-state index contributed by atoms with van der Waals surface area (Å²) in [5.41, 5.74) is 0. The predicted octanol–water partition coefficient (Wildman–Crippen LogP) is 2.11. The number of thiophene rings is 1. The summed E-state index contributed by atoms with van der Waals surface area (Å²) in [6, 6.07) is 3.39. The Morgan fingerprint density at radius 3 is 2.95 bits per heavy atom. The Balaban J connectivity index is 1.76. The minimum absolute atomic E-state index is 0.0802. The Kier molecular flexibility index (Phi) is 5.96. The monoisotopic (exact) mass is 339 g/mol. The lowest BCUT2D eigenvalue weighted by Gasteiger charge is -2.07. The molecule has 22 heavy (non-hydrogen) atoms. The zero-order chi connectivity index (χ0) is 15.9. The molecule has 0 aromatic carbocycles. The lowest BCUT2D eigenvalue weighted by Crippen LogP contribution is -2.41. The van der Waals surface area contributed by atoms with Crippen molar-refractivity contribution in [1.29, 1.82) is 0 Å². The van der Waals surface area contributed by atoms with Crippen LogP contribution in [0.1, 0.15) is 13.8 Å². The Labute approximate surface area is 136 Å². The van der Waals surface area contributed by atoms with Gasteiger partial charge in [-0.1, -0.05) is 31.7 Å². The van der Waals surface area contributed by atoms with E-state index in [1.165, 1.54) is 11.8 Å². The molecular formula is C13H17N5O2S2. The van der Waals surface area contributed by atoms with E-state index in [1.807, 2.05) is 31.4 Å². The van der Waals surface area contributed by atoms with Gasteiger partial charge < -0.3 is 5.32 Å². The van der Waals surface area contributed by atoms with Gasteiger partial charge in [0.15, 0.2) is 5.82 Å². The number of carbonyl (C=O) groups excluding carboxylic acids is 2. The van der Waals surface area contributed by atoms with E-state index in [4.69, 9.17) is 0 Å². The Morgan fingerprint density at radius 1 is 1.45 bits per heavy atom. The van der Waals surface area contributed by atoms with Gasteiger partial charge in [-0.2, -0.15) is 0 Å². The molecule has 0 aliphatic heterocycles. The van der Waals surface area contributed by atoms with Gasteiger partial charge in [0.2, 0.25) is 11.1 Å². The number of imide groups is 1. The van der Waals surface area contributed by atoms with Crippen molar-refractivity contribution in [3.63, 3.8) is 0 Å². The normalized spacial score (nSPS) is 10.7. The molecule has 0 unspecified atom stereocenters. The van der Waals surface area contributed by atoms with Crippen molar-refractivity contribution in [3.8, 4) is 10.7 Å². The molecule has 2 aromatic heterocycles. The van der Waals surface area contributed by atoms with Crippen LogP contribution in [-0.2, 0) is 4.79 Å². The van der Waals surface area contributed by atoms with E-state index in [-0.39, 0.29) is 11.7 Å². The van der Waals surface area contributed by atoms with Gasteiger partial charge >= 0.3 is 6.03 Å². The van der Waals surface area contributed by atoms with Crippen molar-refractivity contribution in [1.82, 2.24) is 25.8 Å². The first kappa shape index (κ1) is 16.5. The molecule has 2 rings (SSSR count). The summed E-state index contributed by atoms with van der Waals surface area (Å²) in [5.74, 6) is 0.706. The van der Waals surface area contributed by atoms with Crippen LogP contribution in [0.2, 0.25) is 0 Å². The quantitative estimate of drug-likeness (QED) is 0.700. The second-order valence-electron chi connectivity index (χ2n) is 4.88. The molecular weight excluding hydrogens is 322 g/mol. The van der Waals surface area contributed by atoms with Crippen LogP contribution in [-0.4, -0.2) is 39.4 Å². The van der Waals surface area contributed by atoms with E-state index in [0.717, 1.165) is 4.88 Å². The van der Waals surface area contributed by atoms with E-state index in [0.29, 0.717) is 23.4 Å². The van der Waals surface area contributed by atoms with Crippen molar-refractivity contribution >= 4 is 35.0 Å². The molecule has 0 spiro atoms. The van der Waals surface area contributed by atoms with Crippen LogP contribution >= 0.6 is 23.1 Å². The van der Waals surface area contributed by atoms with Gasteiger partial charge in [-0.15, -0.1) is 16.4 Å². The first-order valence-corrected chi connectivity index (χ1v) is 8.58. The second kappa shape index (κ2) is 7.95. The Hall–Kier alpha value is -1.87. The molecule has 0 aliphatic carbocycles. The SMILES string of the molecule is CC(C)CNC(=O)NC(=O)CSc1n[nH]c(-c2cccs2)n1. The summed E-state index contributed by atoms with van der Waals surface area (Å²) in [4.78, 5) is 28.4. The first-order chi connectivity index (χ1) is 10.5. The van der Waals surface area contributed by atoms with Crippen LogP contribution in [0.5, 0.6) is 0 Å².